The van der Waals surface area contributed by atoms with Gasteiger partial charge in [0, 0.05) is 23.0 Å². The first-order chi connectivity index (χ1) is 10.6. The zero-order valence-electron chi connectivity index (χ0n) is 12.5. The van der Waals surface area contributed by atoms with E-state index in [-0.39, 0.29) is 11.9 Å². The molecule has 4 heterocycles. The number of piperidine rings is 3. The van der Waals surface area contributed by atoms with E-state index < -0.39 is 0 Å². The molecule has 2 atom stereocenters. The van der Waals surface area contributed by atoms with Gasteiger partial charge in [0.15, 0.2) is 0 Å². The third-order valence-corrected chi connectivity index (χ3v) is 5.56. The number of rotatable bonds is 2. The molecule has 1 aromatic heterocycles. The van der Waals surface area contributed by atoms with Crippen LogP contribution in [0.25, 0.3) is 11.0 Å². The van der Waals surface area contributed by atoms with Crippen molar-refractivity contribution in [2.45, 2.75) is 31.8 Å². The van der Waals surface area contributed by atoms with Gasteiger partial charge in [-0.3, -0.25) is 9.69 Å². The first-order valence-electron chi connectivity index (χ1n) is 7.85. The molecule has 2 aromatic rings. The predicted octanol–water partition coefficient (Wildman–Crippen LogP) is 3.30. The van der Waals surface area contributed by atoms with Crippen LogP contribution < -0.4 is 5.32 Å². The molecule has 0 radical (unpaired) electrons. The summed E-state index contributed by atoms with van der Waals surface area (Å²) in [6.07, 6.45) is 3.87. The standard InChI is InChI=1S/C17H19ClN2O2/c1-10-16(11-4-6-20(10)7-5-11)19-17(21)12-2-3-13-14(18)9-22-15(13)8-12/h2-3,8-11,16H,4-7H2,1H3,(H,19,21). The number of benzene rings is 1. The second-order valence-electron chi connectivity index (χ2n) is 6.41. The summed E-state index contributed by atoms with van der Waals surface area (Å²) in [7, 11) is 0. The van der Waals surface area contributed by atoms with Crippen molar-refractivity contribution in [1.82, 2.24) is 10.2 Å². The topological polar surface area (TPSA) is 45.5 Å². The molecule has 3 fully saturated rings. The molecule has 4 nitrogen and oxygen atoms in total. The van der Waals surface area contributed by atoms with Crippen LogP contribution in [0.4, 0.5) is 0 Å². The van der Waals surface area contributed by atoms with E-state index >= 15 is 0 Å². The number of halogens is 1. The largest absolute Gasteiger partial charge is 0.463 e. The van der Waals surface area contributed by atoms with Crippen molar-refractivity contribution < 1.29 is 9.21 Å². The molecule has 2 unspecified atom stereocenters. The Morgan fingerprint density at radius 1 is 1.36 bits per heavy atom. The summed E-state index contributed by atoms with van der Waals surface area (Å²) in [5.74, 6) is 0.575. The Morgan fingerprint density at radius 3 is 2.86 bits per heavy atom. The number of hydrogen-bond acceptors (Lipinski definition) is 3. The molecule has 5 rings (SSSR count). The number of nitrogens with one attached hydrogen (secondary N) is 1. The molecule has 3 aliphatic heterocycles. The molecule has 22 heavy (non-hydrogen) atoms. The van der Waals surface area contributed by atoms with Crippen LogP contribution in [0.15, 0.2) is 28.9 Å². The van der Waals surface area contributed by atoms with Crippen LogP contribution in [0.2, 0.25) is 5.02 Å². The Labute approximate surface area is 134 Å². The van der Waals surface area contributed by atoms with Crippen LogP contribution in [0, 0.1) is 5.92 Å². The summed E-state index contributed by atoms with van der Waals surface area (Å²) in [5.41, 5.74) is 1.28. The van der Waals surface area contributed by atoms with E-state index in [0.29, 0.717) is 28.1 Å². The molecule has 0 saturated carbocycles. The highest BCUT2D eigenvalue weighted by atomic mass is 35.5. The second kappa shape index (κ2) is 5.28. The van der Waals surface area contributed by atoms with E-state index in [9.17, 15) is 4.79 Å². The highest BCUT2D eigenvalue weighted by Crippen LogP contribution is 2.32. The van der Waals surface area contributed by atoms with Gasteiger partial charge < -0.3 is 9.73 Å². The molecule has 3 aliphatic rings. The smallest absolute Gasteiger partial charge is 0.251 e. The number of amides is 1. The number of nitrogens with zero attached hydrogens (tertiary/aromatic N) is 1. The van der Waals surface area contributed by atoms with Gasteiger partial charge in [0.2, 0.25) is 0 Å². The van der Waals surface area contributed by atoms with E-state index in [2.05, 4.69) is 17.1 Å². The van der Waals surface area contributed by atoms with E-state index in [0.717, 1.165) is 18.5 Å². The lowest BCUT2D eigenvalue weighted by molar-refractivity contribution is 0.0217. The maximum atomic E-state index is 12.6. The van der Waals surface area contributed by atoms with E-state index in [1.165, 1.54) is 19.1 Å². The van der Waals surface area contributed by atoms with Gasteiger partial charge in [0.25, 0.3) is 5.91 Å². The number of hydrogen-bond donors (Lipinski definition) is 1. The van der Waals surface area contributed by atoms with E-state index in [1.807, 2.05) is 12.1 Å². The minimum absolute atomic E-state index is 0.0278. The third-order valence-electron chi connectivity index (χ3n) is 5.27. The zero-order valence-corrected chi connectivity index (χ0v) is 13.3. The second-order valence-corrected chi connectivity index (χ2v) is 6.82. The van der Waals surface area contributed by atoms with Crippen LogP contribution >= 0.6 is 11.6 Å². The summed E-state index contributed by atoms with van der Waals surface area (Å²) in [6, 6.07) is 6.08. The Balaban J connectivity index is 1.55. The van der Waals surface area contributed by atoms with Crippen LogP contribution in [0.3, 0.4) is 0 Å². The average Bonchev–Trinajstić information content (AvgIpc) is 2.92. The molecule has 0 aliphatic carbocycles. The number of carbonyl (C=O) groups is 1. The summed E-state index contributed by atoms with van der Waals surface area (Å²) < 4.78 is 5.38. The Morgan fingerprint density at radius 2 is 2.14 bits per heavy atom. The monoisotopic (exact) mass is 318 g/mol. The fourth-order valence-electron chi connectivity index (χ4n) is 3.92. The summed E-state index contributed by atoms with van der Waals surface area (Å²) in [4.78, 5) is 15.1. The lowest BCUT2D eigenvalue weighted by Crippen LogP contribution is -2.62. The molecular formula is C17H19ClN2O2. The van der Waals surface area contributed by atoms with Gasteiger partial charge in [0.1, 0.15) is 11.8 Å². The van der Waals surface area contributed by atoms with Crippen molar-refractivity contribution in [3.05, 3.63) is 35.0 Å². The van der Waals surface area contributed by atoms with Crippen molar-refractivity contribution in [2.75, 3.05) is 13.1 Å². The maximum absolute atomic E-state index is 12.6. The van der Waals surface area contributed by atoms with Gasteiger partial charge in [-0.15, -0.1) is 0 Å². The van der Waals surface area contributed by atoms with Crippen LogP contribution in [0.1, 0.15) is 30.1 Å². The number of fused-ring (bicyclic) bond motifs is 4. The number of furan rings is 1. The fourth-order valence-corrected chi connectivity index (χ4v) is 4.12. The first kappa shape index (κ1) is 14.1. The van der Waals surface area contributed by atoms with Crippen LogP contribution in [0.5, 0.6) is 0 Å². The minimum atomic E-state index is -0.0278. The van der Waals surface area contributed by atoms with Gasteiger partial charge >= 0.3 is 0 Å². The summed E-state index contributed by atoms with van der Waals surface area (Å²) in [6.45, 7) is 4.54. The number of carbonyl (C=O) groups excluding carboxylic acids is 1. The minimum Gasteiger partial charge on any atom is -0.463 e. The van der Waals surface area contributed by atoms with E-state index in [1.54, 1.807) is 6.07 Å². The maximum Gasteiger partial charge on any atom is 0.251 e. The predicted molar refractivity (Wildman–Crippen MR) is 86.2 cm³/mol. The molecule has 0 spiro atoms. The Kier molecular flexibility index (Phi) is 3.39. The van der Waals surface area contributed by atoms with Crippen LogP contribution in [-0.4, -0.2) is 36.0 Å². The third kappa shape index (κ3) is 2.22. The highest BCUT2D eigenvalue weighted by molar-refractivity contribution is 6.35. The van der Waals surface area contributed by atoms with Crippen molar-refractivity contribution in [2.24, 2.45) is 5.92 Å². The average molecular weight is 319 g/mol. The molecule has 1 aromatic carbocycles. The molecule has 1 N–H and O–H groups in total. The lowest BCUT2D eigenvalue weighted by atomic mass is 9.79. The van der Waals surface area contributed by atoms with Crippen molar-refractivity contribution in [1.29, 1.82) is 0 Å². The Hall–Kier alpha value is -1.52. The van der Waals surface area contributed by atoms with Gasteiger partial charge in [-0.05, 0) is 57.0 Å². The molecule has 116 valence electrons. The van der Waals surface area contributed by atoms with Gasteiger partial charge in [-0.25, -0.2) is 0 Å². The quantitative estimate of drug-likeness (QED) is 0.924. The zero-order chi connectivity index (χ0) is 15.3. The highest BCUT2D eigenvalue weighted by Gasteiger charge is 2.40. The van der Waals surface area contributed by atoms with Crippen molar-refractivity contribution in [3.63, 3.8) is 0 Å². The van der Waals surface area contributed by atoms with Gasteiger partial charge in [0.05, 0.1) is 5.02 Å². The van der Waals surface area contributed by atoms with Crippen LogP contribution in [-0.2, 0) is 0 Å². The molecule has 2 bridgehead atoms. The molecule has 5 heteroatoms. The van der Waals surface area contributed by atoms with Crippen molar-refractivity contribution >= 4 is 28.5 Å². The fraction of sp³-hybridized carbons (Fsp3) is 0.471. The first-order valence-corrected chi connectivity index (χ1v) is 8.23. The molecular weight excluding hydrogens is 300 g/mol. The lowest BCUT2D eigenvalue weighted by Gasteiger charge is -2.49. The SMILES string of the molecule is CC1C(NC(=O)c2ccc3c(Cl)coc3c2)C2CCN1CC2. The van der Waals surface area contributed by atoms with E-state index in [4.69, 9.17) is 16.0 Å². The summed E-state index contributed by atoms with van der Waals surface area (Å²) >= 11 is 6.02. The Bertz CT molecular complexity index is 717. The molecule has 3 saturated heterocycles. The molecule has 1 amide bonds. The van der Waals surface area contributed by atoms with Gasteiger partial charge in [-0.1, -0.05) is 11.6 Å². The normalized spacial score (nSPS) is 30.6. The van der Waals surface area contributed by atoms with Crippen molar-refractivity contribution in [3.8, 4) is 0 Å². The summed E-state index contributed by atoms with van der Waals surface area (Å²) in [5, 5.41) is 4.65. The van der Waals surface area contributed by atoms with Gasteiger partial charge in [-0.2, -0.15) is 0 Å².